The molecule has 0 amide bonds. The number of halogens is 1. The minimum absolute atomic E-state index is 0.935. The van der Waals surface area contributed by atoms with E-state index in [1.165, 1.54) is 9.13 Å². The molecule has 0 bridgehead atoms. The first kappa shape index (κ1) is 8.81. The zero-order valence-corrected chi connectivity index (χ0v) is 9.41. The molecule has 2 aromatic rings. The van der Waals surface area contributed by atoms with Crippen LogP contribution in [0.2, 0.25) is 0 Å². The highest BCUT2D eigenvalue weighted by Crippen LogP contribution is 2.26. The van der Waals surface area contributed by atoms with Gasteiger partial charge in [0.05, 0.1) is 6.26 Å². The van der Waals surface area contributed by atoms with E-state index in [1.807, 2.05) is 12.1 Å². The van der Waals surface area contributed by atoms with Gasteiger partial charge in [0.25, 0.3) is 0 Å². The van der Waals surface area contributed by atoms with Gasteiger partial charge < -0.3 is 4.42 Å². The Balaban J connectivity index is 2.53. The van der Waals surface area contributed by atoms with Gasteiger partial charge in [0, 0.05) is 9.13 Å². The summed E-state index contributed by atoms with van der Waals surface area (Å²) < 4.78 is 6.56. The summed E-state index contributed by atoms with van der Waals surface area (Å²) in [5.74, 6) is 0.935. The van der Waals surface area contributed by atoms with Crippen LogP contribution in [0.3, 0.4) is 0 Å². The minimum Gasteiger partial charge on any atom is -0.464 e. The minimum atomic E-state index is 0.935. The van der Waals surface area contributed by atoms with E-state index in [2.05, 4.69) is 47.7 Å². The molecule has 2 heteroatoms. The number of rotatable bonds is 1. The molecule has 0 atom stereocenters. The van der Waals surface area contributed by atoms with Crippen molar-refractivity contribution in [3.63, 3.8) is 0 Å². The van der Waals surface area contributed by atoms with Gasteiger partial charge in [0.15, 0.2) is 0 Å². The molecule has 0 unspecified atom stereocenters. The van der Waals surface area contributed by atoms with Crippen LogP contribution in [-0.2, 0) is 0 Å². The lowest BCUT2D eigenvalue weighted by atomic mass is 10.1. The second kappa shape index (κ2) is 3.54. The van der Waals surface area contributed by atoms with Crippen LogP contribution >= 0.6 is 22.6 Å². The average molecular weight is 284 g/mol. The van der Waals surface area contributed by atoms with Crippen LogP contribution in [-0.4, -0.2) is 0 Å². The van der Waals surface area contributed by atoms with Crippen molar-refractivity contribution in [3.05, 3.63) is 45.7 Å². The summed E-state index contributed by atoms with van der Waals surface area (Å²) in [6, 6.07) is 10.2. The fourth-order valence-corrected chi connectivity index (χ4v) is 2.19. The summed E-state index contributed by atoms with van der Waals surface area (Å²) in [7, 11) is 0. The number of aryl methyl sites for hydroxylation is 1. The number of benzene rings is 1. The maximum Gasteiger partial charge on any atom is 0.134 e. The van der Waals surface area contributed by atoms with Gasteiger partial charge in [-0.3, -0.25) is 0 Å². The monoisotopic (exact) mass is 284 g/mol. The number of furan rings is 1. The van der Waals surface area contributed by atoms with E-state index in [4.69, 9.17) is 4.42 Å². The quantitative estimate of drug-likeness (QED) is 0.725. The van der Waals surface area contributed by atoms with Gasteiger partial charge in [0.1, 0.15) is 5.76 Å². The van der Waals surface area contributed by atoms with E-state index in [-0.39, 0.29) is 0 Å². The molecule has 0 saturated heterocycles. The van der Waals surface area contributed by atoms with Gasteiger partial charge in [-0.15, -0.1) is 0 Å². The number of hydrogen-bond donors (Lipinski definition) is 0. The third-order valence-electron chi connectivity index (χ3n) is 1.91. The first-order valence-corrected chi connectivity index (χ1v) is 5.15. The van der Waals surface area contributed by atoms with Crippen LogP contribution in [0, 0.1) is 10.5 Å². The van der Waals surface area contributed by atoms with Crippen LogP contribution in [0.1, 0.15) is 5.56 Å². The molecule has 0 radical (unpaired) electrons. The Morgan fingerprint density at radius 3 is 2.69 bits per heavy atom. The molecule has 1 aromatic heterocycles. The summed E-state index contributed by atoms with van der Waals surface area (Å²) in [6.45, 7) is 2.09. The van der Waals surface area contributed by atoms with Gasteiger partial charge in [-0.1, -0.05) is 11.6 Å². The molecule has 1 aromatic carbocycles. The van der Waals surface area contributed by atoms with Gasteiger partial charge >= 0.3 is 0 Å². The summed E-state index contributed by atoms with van der Waals surface area (Å²) in [4.78, 5) is 0. The lowest BCUT2D eigenvalue weighted by molar-refractivity contribution is 0.582. The smallest absolute Gasteiger partial charge is 0.134 e. The lowest BCUT2D eigenvalue weighted by Gasteiger charge is -2.01. The molecule has 0 spiro atoms. The molecule has 0 fully saturated rings. The molecule has 0 aliphatic heterocycles. The second-order valence-corrected chi connectivity index (χ2v) is 4.12. The largest absolute Gasteiger partial charge is 0.464 e. The molecule has 0 N–H and O–H groups in total. The molecular weight excluding hydrogens is 275 g/mol. The molecule has 66 valence electrons. The maximum absolute atomic E-state index is 5.34. The summed E-state index contributed by atoms with van der Waals surface area (Å²) in [5.41, 5.74) is 2.44. The molecule has 13 heavy (non-hydrogen) atoms. The van der Waals surface area contributed by atoms with E-state index in [0.717, 1.165) is 11.3 Å². The Morgan fingerprint density at radius 2 is 2.08 bits per heavy atom. The van der Waals surface area contributed by atoms with Crippen molar-refractivity contribution in [2.24, 2.45) is 0 Å². The van der Waals surface area contributed by atoms with Crippen LogP contribution in [0.25, 0.3) is 11.3 Å². The van der Waals surface area contributed by atoms with E-state index in [0.29, 0.717) is 0 Å². The van der Waals surface area contributed by atoms with Crippen molar-refractivity contribution < 1.29 is 4.42 Å². The van der Waals surface area contributed by atoms with Crippen molar-refractivity contribution in [2.75, 3.05) is 0 Å². The van der Waals surface area contributed by atoms with Crippen molar-refractivity contribution in [3.8, 4) is 11.3 Å². The van der Waals surface area contributed by atoms with Crippen molar-refractivity contribution in [1.82, 2.24) is 0 Å². The van der Waals surface area contributed by atoms with E-state index in [1.54, 1.807) is 6.26 Å². The molecule has 2 rings (SSSR count). The second-order valence-electron chi connectivity index (χ2n) is 2.96. The Morgan fingerprint density at radius 1 is 1.23 bits per heavy atom. The predicted octanol–water partition coefficient (Wildman–Crippen LogP) is 3.86. The number of hydrogen-bond acceptors (Lipinski definition) is 1. The van der Waals surface area contributed by atoms with Crippen LogP contribution in [0.15, 0.2) is 41.0 Å². The van der Waals surface area contributed by atoms with Gasteiger partial charge in [-0.2, -0.15) is 0 Å². The van der Waals surface area contributed by atoms with Gasteiger partial charge in [0.2, 0.25) is 0 Å². The van der Waals surface area contributed by atoms with Gasteiger partial charge in [-0.05, 0) is 53.8 Å². The highest BCUT2D eigenvalue weighted by atomic mass is 127. The average Bonchev–Trinajstić information content (AvgIpc) is 2.56. The standard InChI is InChI=1S/C11H9IO/c1-8-4-5-9(10(12)7-8)11-3-2-6-13-11/h2-7H,1H3. The molecule has 0 aliphatic carbocycles. The summed E-state index contributed by atoms with van der Waals surface area (Å²) in [5, 5.41) is 0. The predicted molar refractivity (Wildman–Crippen MR) is 61.6 cm³/mol. The molecule has 0 aliphatic rings. The van der Waals surface area contributed by atoms with Crippen LogP contribution in [0.4, 0.5) is 0 Å². The van der Waals surface area contributed by atoms with Crippen molar-refractivity contribution >= 4 is 22.6 Å². The Labute approximate surface area is 90.9 Å². The normalized spacial score (nSPS) is 10.3. The SMILES string of the molecule is Cc1ccc(-c2ccco2)c(I)c1. The van der Waals surface area contributed by atoms with Gasteiger partial charge in [-0.25, -0.2) is 0 Å². The lowest BCUT2D eigenvalue weighted by Crippen LogP contribution is -1.81. The first-order chi connectivity index (χ1) is 6.27. The zero-order valence-electron chi connectivity index (χ0n) is 7.25. The summed E-state index contributed by atoms with van der Waals surface area (Å²) in [6.07, 6.45) is 1.70. The maximum atomic E-state index is 5.34. The fourth-order valence-electron chi connectivity index (χ4n) is 1.25. The van der Waals surface area contributed by atoms with Crippen LogP contribution < -0.4 is 0 Å². The Bertz CT molecular complexity index is 404. The third kappa shape index (κ3) is 1.77. The Hall–Kier alpha value is -0.770. The third-order valence-corrected chi connectivity index (χ3v) is 2.80. The molecular formula is C11H9IO. The zero-order chi connectivity index (χ0) is 9.26. The highest BCUT2D eigenvalue weighted by molar-refractivity contribution is 14.1. The fraction of sp³-hybridized carbons (Fsp3) is 0.0909. The van der Waals surface area contributed by atoms with E-state index in [9.17, 15) is 0 Å². The van der Waals surface area contributed by atoms with E-state index >= 15 is 0 Å². The van der Waals surface area contributed by atoms with Crippen LogP contribution in [0.5, 0.6) is 0 Å². The van der Waals surface area contributed by atoms with E-state index < -0.39 is 0 Å². The molecule has 1 nitrogen and oxygen atoms in total. The Kier molecular flexibility index (Phi) is 2.40. The van der Waals surface area contributed by atoms with Crippen molar-refractivity contribution in [1.29, 1.82) is 0 Å². The topological polar surface area (TPSA) is 13.1 Å². The summed E-state index contributed by atoms with van der Waals surface area (Å²) >= 11 is 2.33. The molecule has 0 saturated carbocycles. The molecule has 1 heterocycles. The first-order valence-electron chi connectivity index (χ1n) is 4.07. The van der Waals surface area contributed by atoms with Crippen molar-refractivity contribution in [2.45, 2.75) is 6.92 Å². The highest BCUT2D eigenvalue weighted by Gasteiger charge is 2.04.